The number of ether oxygens (including phenoxy) is 1. The average molecular weight is 316 g/mol. The van der Waals surface area contributed by atoms with Crippen LogP contribution in [0.2, 0.25) is 0 Å². The van der Waals surface area contributed by atoms with Crippen molar-refractivity contribution in [1.82, 2.24) is 19.9 Å². The Morgan fingerprint density at radius 3 is 3.00 bits per heavy atom. The van der Waals surface area contributed by atoms with E-state index in [2.05, 4.69) is 19.9 Å². The quantitative estimate of drug-likeness (QED) is 0.751. The Hall–Kier alpha value is -1.78. The molecule has 0 aromatic carbocycles. The largest absolute Gasteiger partial charge is 0.462 e. The Bertz CT molecular complexity index is 678. The minimum atomic E-state index is -3.89. The van der Waals surface area contributed by atoms with Gasteiger partial charge in [0.15, 0.2) is 5.03 Å². The van der Waals surface area contributed by atoms with Crippen molar-refractivity contribution >= 4 is 27.3 Å². The van der Waals surface area contributed by atoms with Crippen LogP contribution in [0.25, 0.3) is 0 Å². The summed E-state index contributed by atoms with van der Waals surface area (Å²) in [5.41, 5.74) is 2.07. The highest BCUT2D eigenvalue weighted by Gasteiger charge is 2.25. The first kappa shape index (κ1) is 14.6. The van der Waals surface area contributed by atoms with E-state index in [1.165, 1.54) is 11.3 Å². The van der Waals surface area contributed by atoms with E-state index in [1.807, 2.05) is 0 Å². The zero-order chi connectivity index (χ0) is 14.6. The average Bonchev–Trinajstić information content (AvgIpc) is 3.08. The molecular formula is C10H12N4O4S2. The highest BCUT2D eigenvalue weighted by Crippen LogP contribution is 2.13. The van der Waals surface area contributed by atoms with Gasteiger partial charge in [0.05, 0.1) is 30.6 Å². The Labute approximate surface area is 119 Å². The molecule has 0 aliphatic heterocycles. The van der Waals surface area contributed by atoms with Crippen molar-refractivity contribution in [2.24, 2.45) is 0 Å². The number of carbonyl (C=O) groups is 1. The van der Waals surface area contributed by atoms with E-state index in [0.717, 1.165) is 6.20 Å². The topological polar surface area (TPSA) is 114 Å². The highest BCUT2D eigenvalue weighted by molar-refractivity contribution is 7.89. The maximum atomic E-state index is 12.1. The van der Waals surface area contributed by atoms with Crippen molar-refractivity contribution in [1.29, 1.82) is 0 Å². The molecule has 10 heteroatoms. The van der Waals surface area contributed by atoms with Crippen molar-refractivity contribution in [3.05, 3.63) is 28.3 Å². The summed E-state index contributed by atoms with van der Waals surface area (Å²) in [4.78, 5) is 15.6. The standard InChI is InChI=1S/C10H12N4O4S2/c1-2-18-10(15)8-4-12-14-9(8)20(16,17)13-3-7-5-19-6-11-7/h4-6,13H,2-3H2,1H3,(H,12,14). The van der Waals surface area contributed by atoms with Gasteiger partial charge in [-0.15, -0.1) is 11.3 Å². The predicted octanol–water partition coefficient (Wildman–Crippen LogP) is 0.521. The molecule has 2 aromatic rings. The lowest BCUT2D eigenvalue weighted by atomic mass is 10.4. The second kappa shape index (κ2) is 6.11. The van der Waals surface area contributed by atoms with Gasteiger partial charge in [-0.2, -0.15) is 5.10 Å². The van der Waals surface area contributed by atoms with E-state index in [9.17, 15) is 13.2 Å². The van der Waals surface area contributed by atoms with Crippen LogP contribution in [0.1, 0.15) is 23.0 Å². The van der Waals surface area contributed by atoms with Crippen molar-refractivity contribution < 1.29 is 17.9 Å². The number of aromatic nitrogens is 3. The summed E-state index contributed by atoms with van der Waals surface area (Å²) in [6.07, 6.45) is 1.12. The Morgan fingerprint density at radius 2 is 2.35 bits per heavy atom. The maximum Gasteiger partial charge on any atom is 0.342 e. The molecule has 0 atom stereocenters. The number of aromatic amines is 1. The van der Waals surface area contributed by atoms with Gasteiger partial charge in [0.25, 0.3) is 10.0 Å². The fourth-order valence-corrected chi connectivity index (χ4v) is 3.04. The summed E-state index contributed by atoms with van der Waals surface area (Å²) in [6.45, 7) is 1.81. The fourth-order valence-electron chi connectivity index (χ4n) is 1.40. The van der Waals surface area contributed by atoms with Crippen molar-refractivity contribution in [2.75, 3.05) is 6.61 Å². The first-order valence-corrected chi connectivity index (χ1v) is 8.04. The summed E-state index contributed by atoms with van der Waals surface area (Å²) >= 11 is 1.36. The molecule has 0 saturated heterocycles. The summed E-state index contributed by atoms with van der Waals surface area (Å²) in [7, 11) is -3.89. The number of nitrogens with one attached hydrogen (secondary N) is 2. The van der Waals surface area contributed by atoms with Gasteiger partial charge in [0.1, 0.15) is 5.56 Å². The van der Waals surface area contributed by atoms with Gasteiger partial charge in [-0.25, -0.2) is 22.9 Å². The lowest BCUT2D eigenvalue weighted by Gasteiger charge is -2.05. The highest BCUT2D eigenvalue weighted by atomic mass is 32.2. The van der Waals surface area contributed by atoms with Gasteiger partial charge in [-0.3, -0.25) is 5.10 Å². The molecule has 0 unspecified atom stereocenters. The molecule has 2 N–H and O–H groups in total. The van der Waals surface area contributed by atoms with E-state index < -0.39 is 16.0 Å². The van der Waals surface area contributed by atoms with Crippen LogP contribution in [0.5, 0.6) is 0 Å². The zero-order valence-electron chi connectivity index (χ0n) is 10.5. The molecule has 2 heterocycles. The number of H-pyrrole nitrogens is 1. The van der Waals surface area contributed by atoms with E-state index in [-0.39, 0.29) is 23.7 Å². The van der Waals surface area contributed by atoms with Gasteiger partial charge in [-0.1, -0.05) is 0 Å². The molecule has 0 amide bonds. The summed E-state index contributed by atoms with van der Waals surface area (Å²) in [5, 5.41) is 7.28. The minimum absolute atomic E-state index is 0.0348. The van der Waals surface area contributed by atoms with Crippen LogP contribution in [0.4, 0.5) is 0 Å². The van der Waals surface area contributed by atoms with Gasteiger partial charge in [-0.05, 0) is 6.92 Å². The van der Waals surface area contributed by atoms with E-state index in [0.29, 0.717) is 5.69 Å². The van der Waals surface area contributed by atoms with Crippen LogP contribution in [0.3, 0.4) is 0 Å². The normalized spacial score (nSPS) is 11.4. The molecule has 2 rings (SSSR count). The Morgan fingerprint density at radius 1 is 1.55 bits per heavy atom. The second-order valence-electron chi connectivity index (χ2n) is 3.64. The predicted molar refractivity (Wildman–Crippen MR) is 70.7 cm³/mol. The molecular weight excluding hydrogens is 304 g/mol. The molecule has 0 aliphatic rings. The van der Waals surface area contributed by atoms with Gasteiger partial charge in [0.2, 0.25) is 0 Å². The molecule has 0 fully saturated rings. The molecule has 0 bridgehead atoms. The Kier molecular flexibility index (Phi) is 4.47. The SMILES string of the molecule is CCOC(=O)c1cn[nH]c1S(=O)(=O)NCc1cscn1. The van der Waals surface area contributed by atoms with Crippen LogP contribution in [0, 0.1) is 0 Å². The summed E-state index contributed by atoms with van der Waals surface area (Å²) in [5.74, 6) is -0.740. The fraction of sp³-hybridized carbons (Fsp3) is 0.300. The summed E-state index contributed by atoms with van der Waals surface area (Å²) < 4.78 is 31.3. The number of carbonyl (C=O) groups excluding carboxylic acids is 1. The molecule has 108 valence electrons. The molecule has 20 heavy (non-hydrogen) atoms. The van der Waals surface area contributed by atoms with Crippen molar-refractivity contribution in [3.63, 3.8) is 0 Å². The molecule has 8 nitrogen and oxygen atoms in total. The smallest absolute Gasteiger partial charge is 0.342 e. The third-order valence-electron chi connectivity index (χ3n) is 2.30. The number of hydrogen-bond acceptors (Lipinski definition) is 7. The van der Waals surface area contributed by atoms with E-state index >= 15 is 0 Å². The number of rotatable bonds is 6. The van der Waals surface area contributed by atoms with Crippen molar-refractivity contribution in [2.45, 2.75) is 18.5 Å². The monoisotopic (exact) mass is 316 g/mol. The number of hydrogen-bond donors (Lipinski definition) is 2. The Balaban J connectivity index is 2.17. The van der Waals surface area contributed by atoms with E-state index in [4.69, 9.17) is 4.74 Å². The first-order chi connectivity index (χ1) is 9.54. The van der Waals surface area contributed by atoms with Crippen LogP contribution >= 0.6 is 11.3 Å². The van der Waals surface area contributed by atoms with Gasteiger partial charge >= 0.3 is 5.97 Å². The van der Waals surface area contributed by atoms with Crippen LogP contribution in [0.15, 0.2) is 22.1 Å². The molecule has 0 radical (unpaired) electrons. The first-order valence-electron chi connectivity index (χ1n) is 5.62. The second-order valence-corrected chi connectivity index (χ2v) is 6.06. The molecule has 0 saturated carbocycles. The molecule has 2 aromatic heterocycles. The lowest BCUT2D eigenvalue weighted by Crippen LogP contribution is -2.25. The number of sulfonamides is 1. The lowest BCUT2D eigenvalue weighted by molar-refractivity contribution is 0.0522. The molecule has 0 spiro atoms. The van der Waals surface area contributed by atoms with Gasteiger partial charge < -0.3 is 4.74 Å². The maximum absolute atomic E-state index is 12.1. The minimum Gasteiger partial charge on any atom is -0.462 e. The number of esters is 1. The van der Waals surface area contributed by atoms with Crippen LogP contribution in [-0.4, -0.2) is 36.2 Å². The third kappa shape index (κ3) is 3.21. The molecule has 0 aliphatic carbocycles. The number of nitrogens with zero attached hydrogens (tertiary/aromatic N) is 2. The zero-order valence-corrected chi connectivity index (χ0v) is 12.1. The number of thiazole rings is 1. The van der Waals surface area contributed by atoms with Gasteiger partial charge in [0, 0.05) is 5.38 Å². The van der Waals surface area contributed by atoms with E-state index in [1.54, 1.807) is 17.8 Å². The van der Waals surface area contributed by atoms with Crippen LogP contribution < -0.4 is 4.72 Å². The van der Waals surface area contributed by atoms with Crippen molar-refractivity contribution in [3.8, 4) is 0 Å². The third-order valence-corrected chi connectivity index (χ3v) is 4.30. The summed E-state index contributed by atoms with van der Waals surface area (Å²) in [6, 6.07) is 0. The van der Waals surface area contributed by atoms with Crippen LogP contribution in [-0.2, 0) is 21.3 Å².